The Kier molecular flexibility index (Phi) is 8.14. The van der Waals surface area contributed by atoms with Gasteiger partial charge < -0.3 is 20.4 Å². The number of aliphatic imine (C=N–C) groups is 1. The molecule has 3 rings (SSSR count). The first-order valence-corrected chi connectivity index (χ1v) is 11.1. The zero-order chi connectivity index (χ0) is 20.5. The Hall–Kier alpha value is -2.31. The fraction of sp³-hybridized carbons (Fsp3) is 0.682. The van der Waals surface area contributed by atoms with Gasteiger partial charge >= 0.3 is 0 Å². The molecule has 2 fully saturated rings. The van der Waals surface area contributed by atoms with Crippen LogP contribution >= 0.6 is 0 Å². The normalized spacial score (nSPS) is 18.6. The Balaban J connectivity index is 1.59. The lowest BCUT2D eigenvalue weighted by Gasteiger charge is -2.34. The average molecular weight is 401 g/mol. The van der Waals surface area contributed by atoms with Gasteiger partial charge in [0.2, 0.25) is 5.91 Å². The van der Waals surface area contributed by atoms with Crippen molar-refractivity contribution in [3.63, 3.8) is 0 Å². The Bertz CT molecular complexity index is 678. The molecule has 160 valence electrons. The minimum atomic E-state index is 0.145. The second kappa shape index (κ2) is 11.0. The van der Waals surface area contributed by atoms with Crippen molar-refractivity contribution in [3.8, 4) is 0 Å². The van der Waals surface area contributed by atoms with E-state index in [9.17, 15) is 4.79 Å². The van der Waals surface area contributed by atoms with E-state index in [2.05, 4.69) is 44.5 Å². The smallest absolute Gasteiger partial charge is 0.220 e. The second-order valence-electron chi connectivity index (χ2n) is 8.05. The van der Waals surface area contributed by atoms with Crippen LogP contribution in [0.25, 0.3) is 0 Å². The highest BCUT2D eigenvalue weighted by Gasteiger charge is 2.23. The largest absolute Gasteiger partial charge is 0.359 e. The maximum atomic E-state index is 11.6. The summed E-state index contributed by atoms with van der Waals surface area (Å²) >= 11 is 0. The third-order valence-corrected chi connectivity index (χ3v) is 5.90. The van der Waals surface area contributed by atoms with Crippen LogP contribution in [0.5, 0.6) is 0 Å². The highest BCUT2D eigenvalue weighted by Crippen LogP contribution is 2.21. The number of piperidine rings is 2. The predicted octanol–water partition coefficient (Wildman–Crippen LogP) is 2.39. The summed E-state index contributed by atoms with van der Waals surface area (Å²) in [6.45, 7) is 7.72. The lowest BCUT2D eigenvalue weighted by atomic mass is 9.93. The minimum absolute atomic E-state index is 0.145. The molecule has 3 heterocycles. The average Bonchev–Trinajstić information content (AvgIpc) is 2.78. The first-order chi connectivity index (χ1) is 14.2. The number of aromatic nitrogens is 1. The molecule has 1 aromatic heterocycles. The van der Waals surface area contributed by atoms with Gasteiger partial charge in [-0.15, -0.1) is 0 Å². The molecular weight excluding hydrogens is 364 g/mol. The van der Waals surface area contributed by atoms with Crippen molar-refractivity contribution in [1.29, 1.82) is 0 Å². The molecule has 2 N–H and O–H groups in total. The van der Waals surface area contributed by atoms with Gasteiger partial charge in [0.25, 0.3) is 0 Å². The fourth-order valence-corrected chi connectivity index (χ4v) is 4.16. The molecule has 2 saturated heterocycles. The summed E-state index contributed by atoms with van der Waals surface area (Å²) in [6, 6.07) is 4.25. The van der Waals surface area contributed by atoms with E-state index in [0.717, 1.165) is 57.3 Å². The van der Waals surface area contributed by atoms with E-state index < -0.39 is 0 Å². The lowest BCUT2D eigenvalue weighted by Crippen LogP contribution is -2.46. The molecule has 0 radical (unpaired) electrons. The quantitative estimate of drug-likeness (QED) is 0.567. The summed E-state index contributed by atoms with van der Waals surface area (Å²) in [5.74, 6) is 2.67. The number of nitrogens with one attached hydrogen (secondary N) is 2. The summed E-state index contributed by atoms with van der Waals surface area (Å²) in [5, 5.41) is 6.17. The number of carbonyl (C=O) groups is 1. The van der Waals surface area contributed by atoms with Crippen LogP contribution in [0.4, 0.5) is 5.82 Å². The molecule has 2 aliphatic rings. The second-order valence-corrected chi connectivity index (χ2v) is 8.05. The number of hydrogen-bond acceptors (Lipinski definition) is 4. The van der Waals surface area contributed by atoms with Gasteiger partial charge in [-0.2, -0.15) is 0 Å². The van der Waals surface area contributed by atoms with Crippen molar-refractivity contribution in [3.05, 3.63) is 23.9 Å². The molecule has 0 bridgehead atoms. The number of rotatable bonds is 6. The van der Waals surface area contributed by atoms with Gasteiger partial charge in [0.1, 0.15) is 5.82 Å². The first kappa shape index (κ1) is 21.4. The Morgan fingerprint density at radius 1 is 1.21 bits per heavy atom. The highest BCUT2D eigenvalue weighted by molar-refractivity contribution is 5.80. The number of hydrogen-bond donors (Lipinski definition) is 2. The van der Waals surface area contributed by atoms with Crippen molar-refractivity contribution >= 4 is 17.7 Å². The zero-order valence-electron chi connectivity index (χ0n) is 18.0. The standard InChI is InChI=1S/C22H36N6O/c1-3-24-22(28-13-8-18(9-14-28)16-21(29)23-2)26-17-19-7-10-25-20(15-19)27-11-5-4-6-12-27/h7,10,15,18H,3-6,8-9,11-14,16-17H2,1-2H3,(H,23,29)(H,24,26). The third-order valence-electron chi connectivity index (χ3n) is 5.90. The zero-order valence-corrected chi connectivity index (χ0v) is 18.0. The van der Waals surface area contributed by atoms with E-state index in [1.54, 1.807) is 7.05 Å². The van der Waals surface area contributed by atoms with Crippen LogP contribution in [-0.4, -0.2) is 61.5 Å². The van der Waals surface area contributed by atoms with Crippen molar-refractivity contribution in [1.82, 2.24) is 20.5 Å². The Morgan fingerprint density at radius 3 is 2.66 bits per heavy atom. The van der Waals surface area contributed by atoms with Crippen LogP contribution in [0.2, 0.25) is 0 Å². The third kappa shape index (κ3) is 6.34. The molecule has 2 aliphatic heterocycles. The van der Waals surface area contributed by atoms with Crippen molar-refractivity contribution in [2.45, 2.75) is 52.0 Å². The van der Waals surface area contributed by atoms with E-state index in [4.69, 9.17) is 4.99 Å². The fourth-order valence-electron chi connectivity index (χ4n) is 4.16. The van der Waals surface area contributed by atoms with Crippen LogP contribution in [0.1, 0.15) is 51.0 Å². The summed E-state index contributed by atoms with van der Waals surface area (Å²) < 4.78 is 0. The van der Waals surface area contributed by atoms with Gasteiger partial charge in [0.05, 0.1) is 6.54 Å². The first-order valence-electron chi connectivity index (χ1n) is 11.1. The number of carbonyl (C=O) groups excluding carboxylic acids is 1. The SMILES string of the molecule is CCNC(=NCc1ccnc(N2CCCCC2)c1)N1CCC(CC(=O)NC)CC1. The number of amides is 1. The van der Waals surface area contributed by atoms with Crippen molar-refractivity contribution in [2.75, 3.05) is 44.7 Å². The van der Waals surface area contributed by atoms with E-state index >= 15 is 0 Å². The van der Waals surface area contributed by atoms with Gasteiger partial charge in [-0.05, 0) is 62.6 Å². The summed E-state index contributed by atoms with van der Waals surface area (Å²) in [4.78, 5) is 25.8. The molecule has 0 aromatic carbocycles. The minimum Gasteiger partial charge on any atom is -0.359 e. The van der Waals surface area contributed by atoms with E-state index in [1.165, 1.54) is 24.8 Å². The molecule has 0 unspecified atom stereocenters. The van der Waals surface area contributed by atoms with Gasteiger partial charge in [-0.25, -0.2) is 9.98 Å². The van der Waals surface area contributed by atoms with E-state index in [0.29, 0.717) is 18.9 Å². The van der Waals surface area contributed by atoms with Gasteiger partial charge in [0.15, 0.2) is 5.96 Å². The summed E-state index contributed by atoms with van der Waals surface area (Å²) in [7, 11) is 1.71. The predicted molar refractivity (Wildman–Crippen MR) is 118 cm³/mol. The Morgan fingerprint density at radius 2 is 1.97 bits per heavy atom. The number of guanidine groups is 1. The van der Waals surface area contributed by atoms with Crippen LogP contribution in [0.15, 0.2) is 23.3 Å². The molecule has 29 heavy (non-hydrogen) atoms. The van der Waals surface area contributed by atoms with Crippen LogP contribution in [0, 0.1) is 5.92 Å². The molecule has 0 aliphatic carbocycles. The number of anilines is 1. The molecular formula is C22H36N6O. The summed E-state index contributed by atoms with van der Waals surface area (Å²) in [5.41, 5.74) is 1.20. The van der Waals surface area contributed by atoms with Crippen LogP contribution in [0.3, 0.4) is 0 Å². The van der Waals surface area contributed by atoms with Gasteiger partial charge in [-0.1, -0.05) is 0 Å². The number of pyridine rings is 1. The van der Waals surface area contributed by atoms with Crippen molar-refractivity contribution < 1.29 is 4.79 Å². The lowest BCUT2D eigenvalue weighted by molar-refractivity contribution is -0.121. The molecule has 7 heteroatoms. The molecule has 7 nitrogen and oxygen atoms in total. The van der Waals surface area contributed by atoms with Crippen LogP contribution < -0.4 is 15.5 Å². The molecule has 1 aromatic rings. The van der Waals surface area contributed by atoms with Crippen LogP contribution in [-0.2, 0) is 11.3 Å². The van der Waals surface area contributed by atoms with E-state index in [-0.39, 0.29) is 5.91 Å². The maximum Gasteiger partial charge on any atom is 0.220 e. The Labute approximate surface area is 175 Å². The monoisotopic (exact) mass is 400 g/mol. The summed E-state index contributed by atoms with van der Waals surface area (Å²) in [6.07, 6.45) is 8.44. The number of likely N-dealkylation sites (tertiary alicyclic amines) is 1. The topological polar surface area (TPSA) is 72.9 Å². The van der Waals surface area contributed by atoms with Gasteiger partial charge in [0, 0.05) is 52.4 Å². The van der Waals surface area contributed by atoms with Gasteiger partial charge in [-0.3, -0.25) is 4.79 Å². The number of nitrogens with zero attached hydrogens (tertiary/aromatic N) is 4. The van der Waals surface area contributed by atoms with Crippen molar-refractivity contribution in [2.24, 2.45) is 10.9 Å². The molecule has 0 saturated carbocycles. The molecule has 0 atom stereocenters. The molecule has 0 spiro atoms. The molecule has 1 amide bonds. The maximum absolute atomic E-state index is 11.6. The highest BCUT2D eigenvalue weighted by atomic mass is 16.1. The van der Waals surface area contributed by atoms with E-state index in [1.807, 2.05) is 6.20 Å².